The van der Waals surface area contributed by atoms with Crippen LogP contribution in [0.4, 0.5) is 11.5 Å². The lowest BCUT2D eigenvalue weighted by Crippen LogP contribution is -2.30. The molecule has 2 heterocycles. The van der Waals surface area contributed by atoms with E-state index in [1.807, 2.05) is 0 Å². The third-order valence-corrected chi connectivity index (χ3v) is 5.17. The van der Waals surface area contributed by atoms with Crippen molar-refractivity contribution in [2.75, 3.05) is 5.32 Å². The first kappa shape index (κ1) is 17.1. The first-order valence-electron chi connectivity index (χ1n) is 7.37. The van der Waals surface area contributed by atoms with Crippen LogP contribution in [0.1, 0.15) is 25.1 Å². The van der Waals surface area contributed by atoms with E-state index in [0.29, 0.717) is 24.7 Å². The lowest BCUT2D eigenvalue weighted by Gasteiger charge is -2.12. The Kier molecular flexibility index (Phi) is 4.73. The highest BCUT2D eigenvalue weighted by atomic mass is 35.5. The lowest BCUT2D eigenvalue weighted by molar-refractivity contribution is 0.133. The van der Waals surface area contributed by atoms with E-state index < -0.39 is 10.0 Å². The van der Waals surface area contributed by atoms with E-state index in [4.69, 9.17) is 16.3 Å². The molecule has 1 aromatic carbocycles. The molecule has 3 rings (SSSR count). The Labute approximate surface area is 145 Å². The van der Waals surface area contributed by atoms with Gasteiger partial charge in [0.1, 0.15) is 5.82 Å². The molecule has 1 aliphatic rings. The SMILES string of the molecule is CC(C)NS(=O)(=O)c1cccc(Nc2nc(Cl)nc3c2COC3)c1. The number of hydrogen-bond donors (Lipinski definition) is 2. The maximum absolute atomic E-state index is 12.3. The number of hydrogen-bond acceptors (Lipinski definition) is 6. The Hall–Kier alpha value is -1.74. The number of nitrogens with one attached hydrogen (secondary N) is 2. The minimum atomic E-state index is -3.57. The van der Waals surface area contributed by atoms with Crippen molar-refractivity contribution in [2.24, 2.45) is 0 Å². The molecule has 0 unspecified atom stereocenters. The fraction of sp³-hybridized carbons (Fsp3) is 0.333. The van der Waals surface area contributed by atoms with Crippen LogP contribution in [0.5, 0.6) is 0 Å². The Morgan fingerprint density at radius 1 is 1.25 bits per heavy atom. The number of aromatic nitrogens is 2. The van der Waals surface area contributed by atoms with Crippen LogP contribution in [0.3, 0.4) is 0 Å². The smallest absolute Gasteiger partial charge is 0.240 e. The normalized spacial score (nSPS) is 14.0. The zero-order valence-corrected chi connectivity index (χ0v) is 14.8. The van der Waals surface area contributed by atoms with E-state index in [1.165, 1.54) is 6.07 Å². The average Bonchev–Trinajstić information content (AvgIpc) is 2.94. The number of halogens is 1. The molecule has 0 radical (unpaired) electrons. The Bertz CT molecular complexity index is 871. The van der Waals surface area contributed by atoms with E-state index in [9.17, 15) is 8.42 Å². The van der Waals surface area contributed by atoms with Crippen LogP contribution in [0, 0.1) is 0 Å². The summed E-state index contributed by atoms with van der Waals surface area (Å²) in [5.41, 5.74) is 2.15. The predicted molar refractivity (Wildman–Crippen MR) is 90.7 cm³/mol. The molecule has 0 bridgehead atoms. The first-order chi connectivity index (χ1) is 11.3. The molecule has 0 atom stereocenters. The molecular weight excluding hydrogens is 352 g/mol. The number of ether oxygens (including phenoxy) is 1. The van der Waals surface area contributed by atoms with Gasteiger partial charge in [0.25, 0.3) is 0 Å². The molecule has 0 amide bonds. The second-order valence-electron chi connectivity index (χ2n) is 5.69. The Morgan fingerprint density at radius 3 is 2.79 bits per heavy atom. The summed E-state index contributed by atoms with van der Waals surface area (Å²) in [6.07, 6.45) is 0. The van der Waals surface area contributed by atoms with Gasteiger partial charge in [0.05, 0.1) is 23.8 Å². The zero-order valence-electron chi connectivity index (χ0n) is 13.2. The second kappa shape index (κ2) is 6.64. The number of benzene rings is 1. The van der Waals surface area contributed by atoms with E-state index in [0.717, 1.165) is 11.3 Å². The third kappa shape index (κ3) is 3.67. The number of fused-ring (bicyclic) bond motifs is 1. The van der Waals surface area contributed by atoms with Gasteiger partial charge in [-0.2, -0.15) is 0 Å². The van der Waals surface area contributed by atoms with E-state index in [1.54, 1.807) is 32.0 Å². The van der Waals surface area contributed by atoms with Crippen LogP contribution in [-0.2, 0) is 28.0 Å². The standard InChI is InChI=1S/C15H17ClN4O3S/c1-9(2)20-24(21,22)11-5-3-4-10(6-11)17-14-12-7-23-8-13(12)18-15(16)19-14/h3-6,9,20H,7-8H2,1-2H3,(H,17,18,19). The highest BCUT2D eigenvalue weighted by Crippen LogP contribution is 2.28. The Morgan fingerprint density at radius 2 is 2.04 bits per heavy atom. The molecule has 9 heteroatoms. The van der Waals surface area contributed by atoms with Crippen LogP contribution in [0.15, 0.2) is 29.2 Å². The maximum Gasteiger partial charge on any atom is 0.240 e. The van der Waals surface area contributed by atoms with E-state index in [-0.39, 0.29) is 16.2 Å². The molecule has 0 aliphatic carbocycles. The van der Waals surface area contributed by atoms with Gasteiger partial charge in [-0.25, -0.2) is 23.1 Å². The fourth-order valence-corrected chi connectivity index (χ4v) is 3.86. The first-order valence-corrected chi connectivity index (χ1v) is 9.24. The number of sulfonamides is 1. The third-order valence-electron chi connectivity index (χ3n) is 3.35. The molecule has 1 aromatic heterocycles. The van der Waals surface area contributed by atoms with Crippen LogP contribution in [-0.4, -0.2) is 24.4 Å². The molecule has 0 saturated heterocycles. The highest BCUT2D eigenvalue weighted by molar-refractivity contribution is 7.89. The van der Waals surface area contributed by atoms with Crippen molar-refractivity contribution in [3.8, 4) is 0 Å². The Balaban J connectivity index is 1.92. The summed E-state index contributed by atoms with van der Waals surface area (Å²) in [6, 6.07) is 6.32. The summed E-state index contributed by atoms with van der Waals surface area (Å²) in [7, 11) is -3.57. The molecule has 0 saturated carbocycles. The van der Waals surface area contributed by atoms with Gasteiger partial charge in [-0.3, -0.25) is 0 Å². The molecule has 128 valence electrons. The molecule has 0 spiro atoms. The van der Waals surface area contributed by atoms with Crippen molar-refractivity contribution in [3.63, 3.8) is 0 Å². The summed E-state index contributed by atoms with van der Waals surface area (Å²) in [4.78, 5) is 8.48. The summed E-state index contributed by atoms with van der Waals surface area (Å²) < 4.78 is 32.5. The second-order valence-corrected chi connectivity index (χ2v) is 7.74. The minimum Gasteiger partial charge on any atom is -0.370 e. The van der Waals surface area contributed by atoms with Crippen molar-refractivity contribution < 1.29 is 13.2 Å². The molecule has 2 aromatic rings. The van der Waals surface area contributed by atoms with Gasteiger partial charge in [-0.1, -0.05) is 6.07 Å². The summed E-state index contributed by atoms with van der Waals surface area (Å²) in [6.45, 7) is 4.32. The van der Waals surface area contributed by atoms with Gasteiger partial charge in [0.15, 0.2) is 0 Å². The van der Waals surface area contributed by atoms with E-state index in [2.05, 4.69) is 20.0 Å². The summed E-state index contributed by atoms with van der Waals surface area (Å²) in [5.74, 6) is 0.522. The monoisotopic (exact) mass is 368 g/mol. The van der Waals surface area contributed by atoms with Crippen molar-refractivity contribution in [1.29, 1.82) is 0 Å². The van der Waals surface area contributed by atoms with Crippen molar-refractivity contribution in [1.82, 2.24) is 14.7 Å². The van der Waals surface area contributed by atoms with Crippen LogP contribution >= 0.6 is 11.6 Å². The quantitative estimate of drug-likeness (QED) is 0.788. The topological polar surface area (TPSA) is 93.2 Å². The largest absolute Gasteiger partial charge is 0.370 e. The van der Waals surface area contributed by atoms with Gasteiger partial charge in [-0.05, 0) is 43.6 Å². The van der Waals surface area contributed by atoms with Gasteiger partial charge in [0.2, 0.25) is 15.3 Å². The molecule has 0 fully saturated rings. The lowest BCUT2D eigenvalue weighted by atomic mass is 10.2. The fourth-order valence-electron chi connectivity index (χ4n) is 2.38. The van der Waals surface area contributed by atoms with Gasteiger partial charge < -0.3 is 10.1 Å². The molecule has 2 N–H and O–H groups in total. The average molecular weight is 369 g/mol. The van der Waals surface area contributed by atoms with Crippen LogP contribution < -0.4 is 10.0 Å². The predicted octanol–water partition coefficient (Wildman–Crippen LogP) is 2.59. The minimum absolute atomic E-state index is 0.118. The van der Waals surface area contributed by atoms with Crippen LogP contribution in [0.25, 0.3) is 0 Å². The van der Waals surface area contributed by atoms with Crippen LogP contribution in [0.2, 0.25) is 5.28 Å². The number of nitrogens with zero attached hydrogens (tertiary/aromatic N) is 2. The molecule has 1 aliphatic heterocycles. The van der Waals surface area contributed by atoms with Crippen molar-refractivity contribution >= 4 is 33.1 Å². The van der Waals surface area contributed by atoms with Gasteiger partial charge in [-0.15, -0.1) is 0 Å². The van der Waals surface area contributed by atoms with Crippen molar-refractivity contribution in [2.45, 2.75) is 38.0 Å². The summed E-state index contributed by atoms with van der Waals surface area (Å²) in [5, 5.41) is 3.22. The van der Waals surface area contributed by atoms with E-state index >= 15 is 0 Å². The van der Waals surface area contributed by atoms with Gasteiger partial charge >= 0.3 is 0 Å². The van der Waals surface area contributed by atoms with Gasteiger partial charge in [0, 0.05) is 17.3 Å². The maximum atomic E-state index is 12.3. The zero-order chi connectivity index (χ0) is 17.3. The molecule has 24 heavy (non-hydrogen) atoms. The molecular formula is C15H17ClN4O3S. The highest BCUT2D eigenvalue weighted by Gasteiger charge is 2.20. The molecule has 7 nitrogen and oxygen atoms in total. The number of anilines is 2. The summed E-state index contributed by atoms with van der Waals surface area (Å²) >= 11 is 5.93. The number of rotatable bonds is 5. The van der Waals surface area contributed by atoms with Crippen molar-refractivity contribution in [3.05, 3.63) is 40.8 Å².